The molecule has 2 nitrogen and oxygen atoms in total. The van der Waals surface area contributed by atoms with Crippen molar-refractivity contribution in [1.82, 2.24) is 4.57 Å². The van der Waals surface area contributed by atoms with E-state index >= 15 is 0 Å². The second-order valence-corrected chi connectivity index (χ2v) is 16.9. The minimum absolute atomic E-state index is 0.0927. The molecule has 11 aromatic rings. The summed E-state index contributed by atoms with van der Waals surface area (Å²) in [7, 11) is 0. The average molecular weight is 779 g/mol. The molecular weight excluding hydrogens is 737 g/mol. The molecule has 1 aliphatic carbocycles. The highest BCUT2D eigenvalue weighted by atomic mass is 15.1. The van der Waals surface area contributed by atoms with E-state index in [2.05, 4.69) is 242 Å². The van der Waals surface area contributed by atoms with Crippen molar-refractivity contribution >= 4 is 60.4 Å². The molecule has 1 aliphatic rings. The topological polar surface area (TPSA) is 8.17 Å². The zero-order chi connectivity index (χ0) is 40.7. The Morgan fingerprint density at radius 3 is 1.69 bits per heavy atom. The van der Waals surface area contributed by atoms with Gasteiger partial charge in [0.15, 0.2) is 0 Å². The minimum atomic E-state index is -0.0927. The summed E-state index contributed by atoms with van der Waals surface area (Å²) in [6, 6.07) is 80.3. The Balaban J connectivity index is 0.903. The number of hydrogen-bond donors (Lipinski definition) is 0. The van der Waals surface area contributed by atoms with Crippen LogP contribution in [-0.4, -0.2) is 4.57 Å². The minimum Gasteiger partial charge on any atom is -0.310 e. The van der Waals surface area contributed by atoms with Crippen LogP contribution in [0.25, 0.3) is 82.4 Å². The number of aromatic nitrogens is 1. The lowest BCUT2D eigenvalue weighted by molar-refractivity contribution is 0.660. The molecule has 0 bridgehead atoms. The van der Waals surface area contributed by atoms with E-state index in [1.54, 1.807) is 0 Å². The van der Waals surface area contributed by atoms with Gasteiger partial charge in [0.2, 0.25) is 0 Å². The summed E-state index contributed by atoms with van der Waals surface area (Å²) in [5.41, 5.74) is 17.2. The predicted octanol–water partition coefficient (Wildman–Crippen LogP) is 16.2. The van der Waals surface area contributed by atoms with Crippen molar-refractivity contribution < 1.29 is 0 Å². The summed E-state index contributed by atoms with van der Waals surface area (Å²) in [6.07, 6.45) is 0. The average Bonchev–Trinajstić information content (AvgIpc) is 3.76. The van der Waals surface area contributed by atoms with Gasteiger partial charge < -0.3 is 9.47 Å². The van der Waals surface area contributed by atoms with Gasteiger partial charge in [0.1, 0.15) is 0 Å². The van der Waals surface area contributed by atoms with Crippen molar-refractivity contribution in [2.75, 3.05) is 4.90 Å². The maximum Gasteiger partial charge on any atom is 0.0541 e. The molecule has 0 unspecified atom stereocenters. The lowest BCUT2D eigenvalue weighted by Crippen LogP contribution is -2.16. The van der Waals surface area contributed by atoms with E-state index in [4.69, 9.17) is 0 Å². The van der Waals surface area contributed by atoms with Crippen LogP contribution in [0.4, 0.5) is 17.1 Å². The Morgan fingerprint density at radius 2 is 0.902 bits per heavy atom. The first-order valence-corrected chi connectivity index (χ1v) is 21.3. The van der Waals surface area contributed by atoms with E-state index in [9.17, 15) is 0 Å². The molecule has 10 aromatic carbocycles. The van der Waals surface area contributed by atoms with Crippen LogP contribution in [0, 0.1) is 0 Å². The van der Waals surface area contributed by atoms with Crippen LogP contribution in [0.2, 0.25) is 0 Å². The van der Waals surface area contributed by atoms with Crippen molar-refractivity contribution in [3.8, 4) is 39.1 Å². The first kappa shape index (κ1) is 35.3. The second-order valence-electron chi connectivity index (χ2n) is 16.9. The van der Waals surface area contributed by atoms with Gasteiger partial charge in [0.25, 0.3) is 0 Å². The molecule has 0 amide bonds. The third-order valence-electron chi connectivity index (χ3n) is 13.2. The summed E-state index contributed by atoms with van der Waals surface area (Å²) >= 11 is 0. The highest BCUT2D eigenvalue weighted by Crippen LogP contribution is 2.51. The van der Waals surface area contributed by atoms with Gasteiger partial charge in [0.05, 0.1) is 22.4 Å². The molecule has 2 heteroatoms. The van der Waals surface area contributed by atoms with E-state index in [0.29, 0.717) is 0 Å². The zero-order valence-electron chi connectivity index (χ0n) is 34.2. The Kier molecular flexibility index (Phi) is 7.92. The van der Waals surface area contributed by atoms with Crippen LogP contribution in [0.5, 0.6) is 0 Å². The van der Waals surface area contributed by atoms with E-state index in [1.807, 2.05) is 0 Å². The first-order chi connectivity index (χ1) is 30.0. The Labute approximate surface area is 356 Å². The quantitative estimate of drug-likeness (QED) is 0.163. The fraction of sp³-hybridized carbons (Fsp3) is 0.0508. The molecule has 61 heavy (non-hydrogen) atoms. The zero-order valence-corrected chi connectivity index (χ0v) is 34.2. The Morgan fingerprint density at radius 1 is 0.361 bits per heavy atom. The van der Waals surface area contributed by atoms with Crippen molar-refractivity contribution in [3.05, 3.63) is 230 Å². The molecule has 0 aliphatic heterocycles. The number of anilines is 3. The summed E-state index contributed by atoms with van der Waals surface area (Å²) in [6.45, 7) is 4.71. The van der Waals surface area contributed by atoms with E-state index in [-0.39, 0.29) is 5.41 Å². The van der Waals surface area contributed by atoms with Gasteiger partial charge in [-0.1, -0.05) is 178 Å². The third kappa shape index (κ3) is 5.56. The van der Waals surface area contributed by atoms with Gasteiger partial charge in [-0.25, -0.2) is 0 Å². The van der Waals surface area contributed by atoms with Crippen LogP contribution in [0.15, 0.2) is 218 Å². The summed E-state index contributed by atoms with van der Waals surface area (Å²) in [5, 5.41) is 7.46. The van der Waals surface area contributed by atoms with Crippen LogP contribution in [0.3, 0.4) is 0 Å². The lowest BCUT2D eigenvalue weighted by Gasteiger charge is -2.29. The Hall–Kier alpha value is -7.68. The monoisotopic (exact) mass is 778 g/mol. The highest BCUT2D eigenvalue weighted by Gasteiger charge is 2.35. The number of nitrogens with zero attached hydrogens (tertiary/aromatic N) is 2. The molecule has 12 rings (SSSR count). The molecule has 0 spiro atoms. The molecule has 0 saturated carbocycles. The summed E-state index contributed by atoms with van der Waals surface area (Å²) in [4.78, 5) is 2.43. The van der Waals surface area contributed by atoms with E-state index in [0.717, 1.165) is 11.4 Å². The van der Waals surface area contributed by atoms with Crippen molar-refractivity contribution in [2.45, 2.75) is 19.3 Å². The fourth-order valence-electron chi connectivity index (χ4n) is 10.1. The molecule has 288 valence electrons. The van der Waals surface area contributed by atoms with Crippen LogP contribution in [-0.2, 0) is 5.41 Å². The molecular formula is C59H42N2. The Bertz CT molecular complexity index is 3490. The summed E-state index contributed by atoms with van der Waals surface area (Å²) < 4.78 is 2.43. The third-order valence-corrected chi connectivity index (χ3v) is 13.2. The van der Waals surface area contributed by atoms with Crippen molar-refractivity contribution in [1.29, 1.82) is 0 Å². The molecule has 0 saturated heterocycles. The molecule has 0 atom stereocenters. The van der Waals surface area contributed by atoms with Crippen molar-refractivity contribution in [3.63, 3.8) is 0 Å². The van der Waals surface area contributed by atoms with Gasteiger partial charge >= 0.3 is 0 Å². The van der Waals surface area contributed by atoms with Crippen LogP contribution < -0.4 is 4.90 Å². The number of fused-ring (bicyclic) bond motifs is 8. The van der Waals surface area contributed by atoms with Crippen LogP contribution >= 0.6 is 0 Å². The maximum absolute atomic E-state index is 2.43. The standard InChI is InChI=1S/C59H42N2/c1-59(2)53-21-9-7-19-49(53)50-35-34-46(38-54(50)59)60(55-23-11-15-42-13-3-5-17-47(42)55)45-32-29-40(30-33-45)39-25-27-41(28-26-39)44-31-36-58-52(37-44)51-20-8-10-22-57(51)61(58)56-24-12-16-43-14-4-6-18-48(43)56/h3-38H,1-2H3. The van der Waals surface area contributed by atoms with Crippen molar-refractivity contribution in [2.24, 2.45) is 0 Å². The number of rotatable bonds is 6. The fourth-order valence-corrected chi connectivity index (χ4v) is 10.1. The summed E-state index contributed by atoms with van der Waals surface area (Å²) in [5.74, 6) is 0. The first-order valence-electron chi connectivity index (χ1n) is 21.3. The number of para-hydroxylation sites is 1. The molecule has 0 N–H and O–H groups in total. The highest BCUT2D eigenvalue weighted by molar-refractivity contribution is 6.12. The van der Waals surface area contributed by atoms with E-state index < -0.39 is 0 Å². The van der Waals surface area contributed by atoms with Gasteiger partial charge in [-0.3, -0.25) is 0 Å². The predicted molar refractivity (Wildman–Crippen MR) is 259 cm³/mol. The second kappa shape index (κ2) is 13.7. The number of benzene rings is 10. The lowest BCUT2D eigenvalue weighted by atomic mass is 9.82. The van der Waals surface area contributed by atoms with Gasteiger partial charge in [-0.2, -0.15) is 0 Å². The maximum atomic E-state index is 2.43. The van der Waals surface area contributed by atoms with Gasteiger partial charge in [0, 0.05) is 38.3 Å². The molecule has 1 heterocycles. The smallest absolute Gasteiger partial charge is 0.0541 e. The molecule has 1 aromatic heterocycles. The van der Waals surface area contributed by atoms with E-state index in [1.165, 1.54) is 99.2 Å². The van der Waals surface area contributed by atoms with Crippen LogP contribution in [0.1, 0.15) is 25.0 Å². The van der Waals surface area contributed by atoms with Gasteiger partial charge in [-0.15, -0.1) is 0 Å². The SMILES string of the molecule is CC1(C)c2ccccc2-c2ccc(N(c3ccc(-c4ccc(-c5ccc6c(c5)c5ccccc5n6-c5cccc6ccccc56)cc4)cc3)c3cccc4ccccc34)cc21. The largest absolute Gasteiger partial charge is 0.310 e. The molecule has 0 fully saturated rings. The normalized spacial score (nSPS) is 12.9. The number of hydrogen-bond acceptors (Lipinski definition) is 1. The molecule has 0 radical (unpaired) electrons. The van der Waals surface area contributed by atoms with Gasteiger partial charge in [-0.05, 0) is 110 Å².